The normalized spacial score (nSPS) is 15.6. The molecule has 0 unspecified atom stereocenters. The number of piperazine rings is 1. The number of rotatable bonds is 7. The molecule has 0 spiro atoms. The van der Waals surface area contributed by atoms with E-state index in [9.17, 15) is 23.1 Å². The molecule has 10 heteroatoms. The molecular weight excluding hydrogens is 442 g/mol. The first-order chi connectivity index (χ1) is 14.7. The Morgan fingerprint density at radius 1 is 1.03 bits per heavy atom. The average Bonchev–Trinajstić information content (AvgIpc) is 2.77. The fraction of sp³-hybridized carbons (Fsp3) is 0.333. The molecule has 0 radical (unpaired) electrons. The zero-order chi connectivity index (χ0) is 22.6. The van der Waals surface area contributed by atoms with E-state index >= 15 is 0 Å². The van der Waals surface area contributed by atoms with E-state index in [1.165, 1.54) is 36.1 Å². The zero-order valence-electron chi connectivity index (χ0n) is 17.0. The number of ketones is 1. The number of aliphatic hydroxyl groups is 1. The van der Waals surface area contributed by atoms with E-state index in [0.29, 0.717) is 36.8 Å². The summed E-state index contributed by atoms with van der Waals surface area (Å²) in [6, 6.07) is 11.5. The van der Waals surface area contributed by atoms with Crippen LogP contribution in [0.5, 0.6) is 0 Å². The highest BCUT2D eigenvalue weighted by atomic mass is 35.5. The summed E-state index contributed by atoms with van der Waals surface area (Å²) < 4.78 is 27.4. The second-order valence-electron chi connectivity index (χ2n) is 7.23. The second kappa shape index (κ2) is 9.78. The maximum absolute atomic E-state index is 12.8. The van der Waals surface area contributed by atoms with Crippen molar-refractivity contribution in [1.29, 1.82) is 0 Å². The van der Waals surface area contributed by atoms with Gasteiger partial charge < -0.3 is 14.9 Å². The minimum absolute atomic E-state index is 0.00179. The van der Waals surface area contributed by atoms with Crippen LogP contribution < -0.4 is 9.62 Å². The minimum atomic E-state index is -3.99. The number of nitrogens with one attached hydrogen (secondary N) is 1. The van der Waals surface area contributed by atoms with Gasteiger partial charge in [0.1, 0.15) is 6.04 Å². The van der Waals surface area contributed by atoms with Crippen LogP contribution in [-0.4, -0.2) is 68.9 Å². The molecule has 1 fully saturated rings. The van der Waals surface area contributed by atoms with Crippen molar-refractivity contribution < 1.29 is 23.1 Å². The maximum atomic E-state index is 12.8. The van der Waals surface area contributed by atoms with E-state index in [0.717, 1.165) is 5.69 Å². The molecule has 1 heterocycles. The highest BCUT2D eigenvalue weighted by molar-refractivity contribution is 7.89. The molecule has 0 saturated carbocycles. The first-order valence-electron chi connectivity index (χ1n) is 9.75. The van der Waals surface area contributed by atoms with Crippen molar-refractivity contribution in [3.8, 4) is 0 Å². The number of amides is 1. The van der Waals surface area contributed by atoms with Gasteiger partial charge in [0.15, 0.2) is 5.78 Å². The summed E-state index contributed by atoms with van der Waals surface area (Å²) in [7, 11) is -3.99. The van der Waals surface area contributed by atoms with Gasteiger partial charge in [-0.1, -0.05) is 11.6 Å². The molecule has 0 aliphatic carbocycles. The molecule has 2 N–H and O–H groups in total. The summed E-state index contributed by atoms with van der Waals surface area (Å²) in [4.78, 5) is 27.8. The Morgan fingerprint density at radius 2 is 1.61 bits per heavy atom. The van der Waals surface area contributed by atoms with Crippen molar-refractivity contribution in [2.24, 2.45) is 0 Å². The van der Waals surface area contributed by atoms with Crippen LogP contribution in [0, 0.1) is 0 Å². The van der Waals surface area contributed by atoms with E-state index in [1.807, 2.05) is 12.1 Å². The number of carbonyl (C=O) groups is 2. The molecule has 3 rings (SSSR count). The van der Waals surface area contributed by atoms with Crippen LogP contribution in [0.1, 0.15) is 17.3 Å². The highest BCUT2D eigenvalue weighted by Gasteiger charge is 2.30. The molecule has 1 saturated heterocycles. The van der Waals surface area contributed by atoms with Crippen molar-refractivity contribution >= 4 is 39.0 Å². The van der Waals surface area contributed by atoms with Crippen LogP contribution in [0.15, 0.2) is 53.4 Å². The second-order valence-corrected chi connectivity index (χ2v) is 9.38. The Morgan fingerprint density at radius 3 is 2.13 bits per heavy atom. The topological polar surface area (TPSA) is 107 Å². The smallest absolute Gasteiger partial charge is 0.243 e. The fourth-order valence-electron chi connectivity index (χ4n) is 3.35. The van der Waals surface area contributed by atoms with Gasteiger partial charge in [-0.2, -0.15) is 4.72 Å². The monoisotopic (exact) mass is 465 g/mol. The number of hydrogen-bond donors (Lipinski definition) is 2. The van der Waals surface area contributed by atoms with Crippen LogP contribution in [0.3, 0.4) is 0 Å². The van der Waals surface area contributed by atoms with Crippen molar-refractivity contribution in [2.75, 3.05) is 37.7 Å². The average molecular weight is 466 g/mol. The first kappa shape index (κ1) is 23.2. The quantitative estimate of drug-likeness (QED) is 0.600. The number of carbonyl (C=O) groups excluding carboxylic acids is 2. The molecule has 1 aliphatic rings. The molecule has 8 nitrogen and oxygen atoms in total. The lowest BCUT2D eigenvalue weighted by Gasteiger charge is -2.37. The summed E-state index contributed by atoms with van der Waals surface area (Å²) in [5.74, 6) is -0.482. The van der Waals surface area contributed by atoms with Gasteiger partial charge in [-0.25, -0.2) is 8.42 Å². The molecule has 1 atom stereocenters. The number of hydrogen-bond acceptors (Lipinski definition) is 6. The number of benzene rings is 2. The fourth-order valence-corrected chi connectivity index (χ4v) is 4.65. The maximum Gasteiger partial charge on any atom is 0.243 e. The Bertz CT molecular complexity index is 1030. The lowest BCUT2D eigenvalue weighted by Crippen LogP contribution is -2.56. The lowest BCUT2D eigenvalue weighted by molar-refractivity contribution is -0.134. The Labute approximate surface area is 186 Å². The molecular formula is C21H24ClN3O5S. The lowest BCUT2D eigenvalue weighted by atomic mass is 10.1. The van der Waals surface area contributed by atoms with E-state index in [4.69, 9.17) is 11.6 Å². The SMILES string of the molecule is CC(=O)c1ccc(N2CCN(C(=O)[C@H](CO)NS(=O)(=O)c3ccc(Cl)cc3)CC2)cc1. The summed E-state index contributed by atoms with van der Waals surface area (Å²) in [6.07, 6.45) is 0. The Kier molecular flexibility index (Phi) is 7.32. The van der Waals surface area contributed by atoms with Crippen LogP contribution >= 0.6 is 11.6 Å². The van der Waals surface area contributed by atoms with Crippen LogP contribution in [0.2, 0.25) is 5.02 Å². The molecule has 31 heavy (non-hydrogen) atoms. The van der Waals surface area contributed by atoms with E-state index in [-0.39, 0.29) is 10.7 Å². The number of anilines is 1. The molecule has 0 aromatic heterocycles. The largest absolute Gasteiger partial charge is 0.394 e. The number of sulfonamides is 1. The van der Waals surface area contributed by atoms with Crippen molar-refractivity contribution in [1.82, 2.24) is 9.62 Å². The van der Waals surface area contributed by atoms with Crippen molar-refractivity contribution in [2.45, 2.75) is 17.9 Å². The van der Waals surface area contributed by atoms with Gasteiger partial charge >= 0.3 is 0 Å². The molecule has 1 aliphatic heterocycles. The molecule has 166 valence electrons. The first-order valence-corrected chi connectivity index (χ1v) is 11.6. The molecule has 2 aromatic carbocycles. The van der Waals surface area contributed by atoms with Gasteiger partial charge in [-0.3, -0.25) is 9.59 Å². The number of Topliss-reactive ketones (excluding diaryl/α,β-unsaturated/α-hetero) is 1. The number of aliphatic hydroxyl groups excluding tert-OH is 1. The third-order valence-electron chi connectivity index (χ3n) is 5.13. The minimum Gasteiger partial charge on any atom is -0.394 e. The van der Waals surface area contributed by atoms with Crippen LogP contribution in [0.25, 0.3) is 0 Å². The van der Waals surface area contributed by atoms with Gasteiger partial charge in [0, 0.05) is 42.5 Å². The molecule has 0 bridgehead atoms. The molecule has 2 aromatic rings. The van der Waals surface area contributed by atoms with E-state index < -0.39 is 28.6 Å². The summed E-state index contributed by atoms with van der Waals surface area (Å²) in [5, 5.41) is 10.0. The predicted octanol–water partition coefficient (Wildman–Crippen LogP) is 1.53. The van der Waals surface area contributed by atoms with Gasteiger partial charge in [-0.15, -0.1) is 0 Å². The Balaban J connectivity index is 1.61. The van der Waals surface area contributed by atoms with Gasteiger partial charge in [-0.05, 0) is 55.5 Å². The predicted molar refractivity (Wildman–Crippen MR) is 118 cm³/mol. The summed E-state index contributed by atoms with van der Waals surface area (Å²) in [6.45, 7) is 2.72. The standard InChI is InChI=1S/C21H24ClN3O5S/c1-15(27)16-2-6-18(7-3-16)24-10-12-25(13-11-24)21(28)20(14-26)23-31(29,30)19-8-4-17(22)5-9-19/h2-9,20,23,26H,10-14H2,1H3/t20-/m0/s1. The number of nitrogens with zero attached hydrogens (tertiary/aromatic N) is 2. The molecule has 1 amide bonds. The van der Waals surface area contributed by atoms with Gasteiger partial charge in [0.25, 0.3) is 0 Å². The van der Waals surface area contributed by atoms with E-state index in [1.54, 1.807) is 12.1 Å². The third kappa shape index (κ3) is 5.62. The zero-order valence-corrected chi connectivity index (χ0v) is 18.6. The van der Waals surface area contributed by atoms with Gasteiger partial charge in [0.2, 0.25) is 15.9 Å². The van der Waals surface area contributed by atoms with Crippen molar-refractivity contribution in [3.05, 3.63) is 59.1 Å². The third-order valence-corrected chi connectivity index (χ3v) is 6.87. The summed E-state index contributed by atoms with van der Waals surface area (Å²) in [5.41, 5.74) is 1.58. The van der Waals surface area contributed by atoms with Gasteiger partial charge in [0.05, 0.1) is 11.5 Å². The Hall–Kier alpha value is -2.46. The van der Waals surface area contributed by atoms with Crippen molar-refractivity contribution in [3.63, 3.8) is 0 Å². The summed E-state index contributed by atoms with van der Waals surface area (Å²) >= 11 is 5.79. The van der Waals surface area contributed by atoms with Crippen LogP contribution in [0.4, 0.5) is 5.69 Å². The number of halogens is 1. The van der Waals surface area contributed by atoms with Crippen LogP contribution in [-0.2, 0) is 14.8 Å². The van der Waals surface area contributed by atoms with E-state index in [2.05, 4.69) is 9.62 Å². The highest BCUT2D eigenvalue weighted by Crippen LogP contribution is 2.19.